The Morgan fingerprint density at radius 3 is 2.48 bits per heavy atom. The number of methoxy groups -OCH3 is 1. The fourth-order valence-electron chi connectivity index (χ4n) is 2.46. The van der Waals surface area contributed by atoms with Gasteiger partial charge in [-0.25, -0.2) is 0 Å². The monoisotopic (exact) mass is 311 g/mol. The zero-order valence-corrected chi connectivity index (χ0v) is 13.9. The summed E-state index contributed by atoms with van der Waals surface area (Å²) in [6.45, 7) is 5.47. The van der Waals surface area contributed by atoms with E-state index in [1.165, 1.54) is 6.92 Å². The Kier molecular flexibility index (Phi) is 5.16. The molecular weight excluding hydrogens is 290 g/mol. The Morgan fingerprint density at radius 1 is 1.09 bits per heavy atom. The largest absolute Gasteiger partial charge is 0.496 e. The van der Waals surface area contributed by atoms with E-state index in [4.69, 9.17) is 4.74 Å². The lowest BCUT2D eigenvalue weighted by Gasteiger charge is -2.13. The maximum Gasteiger partial charge on any atom is 0.228 e. The first-order valence-electron chi connectivity index (χ1n) is 7.46. The van der Waals surface area contributed by atoms with Crippen molar-refractivity contribution in [2.24, 2.45) is 0 Å². The number of amides is 1. The van der Waals surface area contributed by atoms with Crippen LogP contribution in [-0.2, 0) is 11.2 Å². The highest BCUT2D eigenvalue weighted by Crippen LogP contribution is 2.24. The lowest BCUT2D eigenvalue weighted by Crippen LogP contribution is -2.15. The average Bonchev–Trinajstić information content (AvgIpc) is 2.52. The number of anilines is 1. The average molecular weight is 311 g/mol. The van der Waals surface area contributed by atoms with Crippen molar-refractivity contribution in [3.05, 3.63) is 58.7 Å². The standard InChI is InChI=1S/C19H21NO3/c1-12-13(2)18(23-4)9-8-15(12)11-19(22)20-17-7-5-6-16(10-17)14(3)21/h5-10H,11H2,1-4H3,(H,20,22). The molecule has 1 N–H and O–H groups in total. The van der Waals surface area contributed by atoms with E-state index in [1.807, 2.05) is 26.0 Å². The molecule has 4 heteroatoms. The second-order valence-corrected chi connectivity index (χ2v) is 5.54. The molecule has 0 fully saturated rings. The van der Waals surface area contributed by atoms with Crippen LogP contribution in [-0.4, -0.2) is 18.8 Å². The summed E-state index contributed by atoms with van der Waals surface area (Å²) in [5.74, 6) is 0.682. The van der Waals surface area contributed by atoms with Gasteiger partial charge in [0.2, 0.25) is 5.91 Å². The van der Waals surface area contributed by atoms with E-state index in [9.17, 15) is 9.59 Å². The molecule has 0 saturated heterocycles. The number of carbonyl (C=O) groups excluding carboxylic acids is 2. The maximum atomic E-state index is 12.3. The molecule has 2 aromatic carbocycles. The molecule has 120 valence electrons. The van der Waals surface area contributed by atoms with Crippen molar-refractivity contribution in [1.82, 2.24) is 0 Å². The minimum Gasteiger partial charge on any atom is -0.496 e. The van der Waals surface area contributed by atoms with Crippen LogP contribution in [0.15, 0.2) is 36.4 Å². The number of ketones is 1. The molecule has 0 spiro atoms. The summed E-state index contributed by atoms with van der Waals surface area (Å²) in [4.78, 5) is 23.6. The van der Waals surface area contributed by atoms with Crippen LogP contribution in [0.25, 0.3) is 0 Å². The van der Waals surface area contributed by atoms with Gasteiger partial charge in [0.05, 0.1) is 13.5 Å². The zero-order valence-electron chi connectivity index (χ0n) is 13.9. The quantitative estimate of drug-likeness (QED) is 0.857. The van der Waals surface area contributed by atoms with Crippen LogP contribution in [0.2, 0.25) is 0 Å². The highest BCUT2D eigenvalue weighted by Gasteiger charge is 2.11. The first-order chi connectivity index (χ1) is 10.9. The Hall–Kier alpha value is -2.62. The number of hydrogen-bond acceptors (Lipinski definition) is 3. The van der Waals surface area contributed by atoms with Gasteiger partial charge in [0.25, 0.3) is 0 Å². The van der Waals surface area contributed by atoms with E-state index in [1.54, 1.807) is 31.4 Å². The van der Waals surface area contributed by atoms with Gasteiger partial charge in [-0.2, -0.15) is 0 Å². The highest BCUT2D eigenvalue weighted by atomic mass is 16.5. The predicted molar refractivity (Wildman–Crippen MR) is 91.2 cm³/mol. The van der Waals surface area contributed by atoms with Gasteiger partial charge in [-0.05, 0) is 55.7 Å². The molecule has 2 rings (SSSR count). The van der Waals surface area contributed by atoms with Crippen LogP contribution in [0.5, 0.6) is 5.75 Å². The summed E-state index contributed by atoms with van der Waals surface area (Å²) in [5, 5.41) is 2.84. The van der Waals surface area contributed by atoms with E-state index in [0.29, 0.717) is 11.3 Å². The molecular formula is C19H21NO3. The minimum atomic E-state index is -0.113. The molecule has 0 bridgehead atoms. The summed E-state index contributed by atoms with van der Waals surface area (Å²) in [6.07, 6.45) is 0.279. The van der Waals surface area contributed by atoms with Crippen molar-refractivity contribution in [3.8, 4) is 5.75 Å². The summed E-state index contributed by atoms with van der Waals surface area (Å²) >= 11 is 0. The lowest BCUT2D eigenvalue weighted by atomic mass is 9.99. The molecule has 0 saturated carbocycles. The van der Waals surface area contributed by atoms with Crippen LogP contribution in [0.1, 0.15) is 34.0 Å². The van der Waals surface area contributed by atoms with Gasteiger partial charge in [0, 0.05) is 11.3 Å². The highest BCUT2D eigenvalue weighted by molar-refractivity contribution is 5.97. The maximum absolute atomic E-state index is 12.3. The minimum absolute atomic E-state index is 0.0253. The number of benzene rings is 2. The number of Topliss-reactive ketones (excluding diaryl/α,β-unsaturated/α-hetero) is 1. The summed E-state index contributed by atoms with van der Waals surface area (Å²) in [6, 6.07) is 10.7. The number of hydrogen-bond donors (Lipinski definition) is 1. The van der Waals surface area contributed by atoms with Gasteiger partial charge >= 0.3 is 0 Å². The van der Waals surface area contributed by atoms with Crippen LogP contribution in [0.4, 0.5) is 5.69 Å². The number of rotatable bonds is 5. The van der Waals surface area contributed by atoms with Crippen LogP contribution in [0.3, 0.4) is 0 Å². The van der Waals surface area contributed by atoms with Crippen molar-refractivity contribution in [1.29, 1.82) is 0 Å². The van der Waals surface area contributed by atoms with Gasteiger partial charge in [-0.15, -0.1) is 0 Å². The second-order valence-electron chi connectivity index (χ2n) is 5.54. The Morgan fingerprint density at radius 2 is 1.83 bits per heavy atom. The molecule has 23 heavy (non-hydrogen) atoms. The third-order valence-electron chi connectivity index (χ3n) is 3.97. The normalized spacial score (nSPS) is 10.3. The van der Waals surface area contributed by atoms with Crippen molar-refractivity contribution in [3.63, 3.8) is 0 Å². The first kappa shape index (κ1) is 16.7. The molecule has 0 atom stereocenters. The van der Waals surface area contributed by atoms with Crippen molar-refractivity contribution in [2.45, 2.75) is 27.2 Å². The van der Waals surface area contributed by atoms with Gasteiger partial charge in [-0.1, -0.05) is 18.2 Å². The third kappa shape index (κ3) is 3.97. The summed E-state index contributed by atoms with van der Waals surface area (Å²) in [7, 11) is 1.64. The molecule has 0 aromatic heterocycles. The van der Waals surface area contributed by atoms with Crippen molar-refractivity contribution in [2.75, 3.05) is 12.4 Å². The molecule has 4 nitrogen and oxygen atoms in total. The second kappa shape index (κ2) is 7.09. The Labute approximate surface area is 136 Å². The van der Waals surface area contributed by atoms with Crippen LogP contribution < -0.4 is 10.1 Å². The fourth-order valence-corrected chi connectivity index (χ4v) is 2.46. The molecule has 0 aliphatic heterocycles. The number of ether oxygens (including phenoxy) is 1. The summed E-state index contributed by atoms with van der Waals surface area (Å²) in [5.41, 5.74) is 4.27. The molecule has 2 aromatic rings. The van der Waals surface area contributed by atoms with E-state index < -0.39 is 0 Å². The SMILES string of the molecule is COc1ccc(CC(=O)Nc2cccc(C(C)=O)c2)c(C)c1C. The molecule has 0 unspecified atom stereocenters. The fraction of sp³-hybridized carbons (Fsp3) is 0.263. The number of nitrogens with one attached hydrogen (secondary N) is 1. The van der Waals surface area contributed by atoms with Gasteiger partial charge in [0.15, 0.2) is 5.78 Å². The smallest absolute Gasteiger partial charge is 0.228 e. The van der Waals surface area contributed by atoms with Gasteiger partial charge in [0.1, 0.15) is 5.75 Å². The van der Waals surface area contributed by atoms with Crippen molar-refractivity contribution < 1.29 is 14.3 Å². The molecule has 0 aliphatic carbocycles. The molecule has 0 radical (unpaired) electrons. The Bertz CT molecular complexity index is 750. The van der Waals surface area contributed by atoms with E-state index in [-0.39, 0.29) is 18.1 Å². The zero-order chi connectivity index (χ0) is 17.0. The van der Waals surface area contributed by atoms with E-state index >= 15 is 0 Å². The third-order valence-corrected chi connectivity index (χ3v) is 3.97. The van der Waals surface area contributed by atoms with Crippen molar-refractivity contribution >= 4 is 17.4 Å². The predicted octanol–water partition coefficient (Wildman–Crippen LogP) is 3.70. The van der Waals surface area contributed by atoms with E-state index in [2.05, 4.69) is 5.32 Å². The first-order valence-corrected chi connectivity index (χ1v) is 7.46. The van der Waals surface area contributed by atoms with Crippen LogP contribution in [0, 0.1) is 13.8 Å². The lowest BCUT2D eigenvalue weighted by molar-refractivity contribution is -0.115. The van der Waals surface area contributed by atoms with Crippen LogP contribution >= 0.6 is 0 Å². The summed E-state index contributed by atoms with van der Waals surface area (Å²) < 4.78 is 5.28. The van der Waals surface area contributed by atoms with E-state index in [0.717, 1.165) is 22.4 Å². The molecule has 1 amide bonds. The number of carbonyl (C=O) groups is 2. The Balaban J connectivity index is 2.13. The molecule has 0 heterocycles. The van der Waals surface area contributed by atoms with Gasteiger partial charge in [-0.3, -0.25) is 9.59 Å². The van der Waals surface area contributed by atoms with Gasteiger partial charge < -0.3 is 10.1 Å². The molecule has 0 aliphatic rings. The topological polar surface area (TPSA) is 55.4 Å².